The van der Waals surface area contributed by atoms with Gasteiger partial charge in [0, 0.05) is 33.5 Å². The van der Waals surface area contributed by atoms with Crippen LogP contribution in [0.25, 0.3) is 0 Å². The molecular weight excluding hydrogens is 376 g/mol. The summed E-state index contributed by atoms with van der Waals surface area (Å²) in [6.45, 7) is 6.26. The van der Waals surface area contributed by atoms with Crippen molar-refractivity contribution >= 4 is 17.9 Å². The zero-order chi connectivity index (χ0) is 21.4. The van der Waals surface area contributed by atoms with Crippen molar-refractivity contribution in [1.29, 1.82) is 0 Å². The van der Waals surface area contributed by atoms with Crippen LogP contribution in [0.3, 0.4) is 0 Å². The van der Waals surface area contributed by atoms with Gasteiger partial charge in [-0.3, -0.25) is 14.5 Å². The number of likely N-dealkylation sites (tertiary alicyclic amines) is 1. The van der Waals surface area contributed by atoms with Crippen molar-refractivity contribution in [1.82, 2.24) is 10.2 Å². The Labute approximate surface area is 171 Å². The number of esters is 3. The van der Waals surface area contributed by atoms with Crippen LogP contribution in [-0.4, -0.2) is 73.8 Å². The molecule has 0 unspecified atom stereocenters. The molecule has 0 amide bonds. The average molecular weight is 406 g/mol. The van der Waals surface area contributed by atoms with Crippen LogP contribution in [0.5, 0.6) is 0 Å². The van der Waals surface area contributed by atoms with Gasteiger partial charge in [-0.15, -0.1) is 0 Å². The second-order valence-corrected chi connectivity index (χ2v) is 7.25. The van der Waals surface area contributed by atoms with Crippen LogP contribution in [0.15, 0.2) is 30.3 Å². The van der Waals surface area contributed by atoms with Gasteiger partial charge in [-0.1, -0.05) is 18.2 Å². The van der Waals surface area contributed by atoms with Gasteiger partial charge in [-0.2, -0.15) is 0 Å². The minimum absolute atomic E-state index is 0.207. The number of carbonyl (C=O) groups excluding carboxylic acids is 3. The largest absolute Gasteiger partial charge is 0.463 e. The van der Waals surface area contributed by atoms with E-state index in [9.17, 15) is 14.4 Å². The fraction of sp³-hybridized carbons (Fsp3) is 0.571. The smallest absolute Gasteiger partial charge is 0.338 e. The van der Waals surface area contributed by atoms with Gasteiger partial charge in [0.2, 0.25) is 0 Å². The zero-order valence-corrected chi connectivity index (χ0v) is 17.4. The predicted molar refractivity (Wildman–Crippen MR) is 106 cm³/mol. The molecule has 0 bridgehead atoms. The van der Waals surface area contributed by atoms with Gasteiger partial charge in [0.1, 0.15) is 6.10 Å². The van der Waals surface area contributed by atoms with Crippen LogP contribution in [-0.2, 0) is 23.8 Å². The molecular formula is C21H30N2O6. The number of nitrogens with zero attached hydrogens (tertiary/aromatic N) is 1. The van der Waals surface area contributed by atoms with Crippen LogP contribution < -0.4 is 5.32 Å². The lowest BCUT2D eigenvalue weighted by molar-refractivity contribution is -0.160. The molecule has 1 heterocycles. The van der Waals surface area contributed by atoms with Crippen LogP contribution in [0.2, 0.25) is 0 Å². The first-order valence-corrected chi connectivity index (χ1v) is 9.80. The van der Waals surface area contributed by atoms with Crippen LogP contribution >= 0.6 is 0 Å². The molecule has 1 fully saturated rings. The van der Waals surface area contributed by atoms with Gasteiger partial charge in [0.05, 0.1) is 11.6 Å². The molecule has 1 aromatic rings. The van der Waals surface area contributed by atoms with Gasteiger partial charge in [-0.05, 0) is 32.5 Å². The van der Waals surface area contributed by atoms with E-state index in [1.165, 1.54) is 13.8 Å². The maximum absolute atomic E-state index is 12.6. The monoisotopic (exact) mass is 406 g/mol. The number of nitrogens with one attached hydrogen (secondary N) is 1. The van der Waals surface area contributed by atoms with E-state index in [-0.39, 0.29) is 18.1 Å². The van der Waals surface area contributed by atoms with E-state index in [0.717, 1.165) is 0 Å². The standard InChI is InChI=1S/C21H30N2O6/c1-14(27-15(2)24)10-11-23-12-18(22-4)20(19(13-23)28-16(3)25)29-21(26)17-8-6-5-7-9-17/h5-9,14,18-20,22H,10-13H2,1-4H3/t14-,18+,19-,20-/m1/s1. The fourth-order valence-corrected chi connectivity index (χ4v) is 3.46. The number of benzene rings is 1. The zero-order valence-electron chi connectivity index (χ0n) is 17.4. The molecule has 1 aromatic carbocycles. The molecule has 2 rings (SSSR count). The minimum Gasteiger partial charge on any atom is -0.463 e. The molecule has 160 valence electrons. The normalized spacial score (nSPS) is 23.1. The number of carbonyl (C=O) groups is 3. The molecule has 0 spiro atoms. The Morgan fingerprint density at radius 3 is 2.38 bits per heavy atom. The van der Waals surface area contributed by atoms with Gasteiger partial charge in [-0.25, -0.2) is 4.79 Å². The number of ether oxygens (including phenoxy) is 3. The fourth-order valence-electron chi connectivity index (χ4n) is 3.46. The summed E-state index contributed by atoms with van der Waals surface area (Å²) < 4.78 is 16.4. The molecule has 8 heteroatoms. The van der Waals surface area contributed by atoms with E-state index in [0.29, 0.717) is 31.6 Å². The van der Waals surface area contributed by atoms with E-state index in [1.807, 2.05) is 13.0 Å². The minimum atomic E-state index is -0.612. The van der Waals surface area contributed by atoms with Gasteiger partial charge < -0.3 is 19.5 Å². The second-order valence-electron chi connectivity index (χ2n) is 7.25. The highest BCUT2D eigenvalue weighted by atomic mass is 16.6. The third-order valence-corrected chi connectivity index (χ3v) is 4.82. The quantitative estimate of drug-likeness (QED) is 0.511. The Balaban J connectivity index is 2.07. The first kappa shape index (κ1) is 22.8. The molecule has 1 aliphatic heterocycles. The molecule has 0 aromatic heterocycles. The van der Waals surface area contributed by atoms with Gasteiger partial charge in [0.25, 0.3) is 0 Å². The Morgan fingerprint density at radius 1 is 1.10 bits per heavy atom. The van der Waals surface area contributed by atoms with Gasteiger partial charge in [0.15, 0.2) is 12.2 Å². The molecule has 1 saturated heterocycles. The molecule has 4 atom stereocenters. The molecule has 1 aliphatic rings. The lowest BCUT2D eigenvalue weighted by atomic mass is 9.98. The number of rotatable bonds is 8. The van der Waals surface area contributed by atoms with E-state index in [4.69, 9.17) is 14.2 Å². The summed E-state index contributed by atoms with van der Waals surface area (Å²) in [6, 6.07) is 8.51. The SMILES string of the molecule is CN[C@H]1CN(CC[C@@H](C)OC(C)=O)C[C@@H](OC(C)=O)[C@@H]1OC(=O)c1ccccc1. The molecule has 0 saturated carbocycles. The number of hydrogen-bond acceptors (Lipinski definition) is 8. The van der Waals surface area contributed by atoms with Crippen molar-refractivity contribution in [3.05, 3.63) is 35.9 Å². The molecule has 29 heavy (non-hydrogen) atoms. The summed E-state index contributed by atoms with van der Waals surface area (Å²) >= 11 is 0. The van der Waals surface area contributed by atoms with E-state index >= 15 is 0 Å². The summed E-state index contributed by atoms with van der Waals surface area (Å²) in [5.41, 5.74) is 0.446. The third-order valence-electron chi connectivity index (χ3n) is 4.82. The van der Waals surface area contributed by atoms with E-state index in [1.54, 1.807) is 31.3 Å². The number of likely N-dealkylation sites (N-methyl/N-ethyl adjacent to an activating group) is 1. The highest BCUT2D eigenvalue weighted by Crippen LogP contribution is 2.21. The second kappa shape index (κ2) is 10.9. The van der Waals surface area contributed by atoms with Gasteiger partial charge >= 0.3 is 17.9 Å². The Kier molecular flexibility index (Phi) is 8.60. The highest BCUT2D eigenvalue weighted by molar-refractivity contribution is 5.89. The van der Waals surface area contributed by atoms with E-state index < -0.39 is 24.1 Å². The number of hydrogen-bond donors (Lipinski definition) is 1. The average Bonchev–Trinajstić information content (AvgIpc) is 2.67. The Hall–Kier alpha value is -2.45. The van der Waals surface area contributed by atoms with Crippen molar-refractivity contribution < 1.29 is 28.6 Å². The van der Waals surface area contributed by atoms with Crippen molar-refractivity contribution in [2.24, 2.45) is 0 Å². The van der Waals surface area contributed by atoms with Crippen LogP contribution in [0, 0.1) is 0 Å². The maximum atomic E-state index is 12.6. The third kappa shape index (κ3) is 7.14. The highest BCUT2D eigenvalue weighted by Gasteiger charge is 2.41. The molecule has 8 nitrogen and oxygen atoms in total. The molecule has 0 aliphatic carbocycles. The number of piperidine rings is 1. The summed E-state index contributed by atoms with van der Waals surface area (Å²) in [6.07, 6.45) is -0.771. The summed E-state index contributed by atoms with van der Waals surface area (Å²) in [5, 5.41) is 3.17. The van der Waals surface area contributed by atoms with Crippen molar-refractivity contribution in [2.45, 2.75) is 51.5 Å². The van der Waals surface area contributed by atoms with Crippen molar-refractivity contribution in [2.75, 3.05) is 26.7 Å². The van der Waals surface area contributed by atoms with Crippen molar-refractivity contribution in [3.63, 3.8) is 0 Å². The first-order chi connectivity index (χ1) is 13.8. The first-order valence-electron chi connectivity index (χ1n) is 9.80. The Morgan fingerprint density at radius 2 is 1.79 bits per heavy atom. The summed E-state index contributed by atoms with van der Waals surface area (Å²) in [4.78, 5) is 37.4. The summed E-state index contributed by atoms with van der Waals surface area (Å²) in [5.74, 6) is -1.19. The summed E-state index contributed by atoms with van der Waals surface area (Å²) in [7, 11) is 1.78. The lowest BCUT2D eigenvalue weighted by Gasteiger charge is -2.42. The lowest BCUT2D eigenvalue weighted by Crippen LogP contribution is -2.62. The van der Waals surface area contributed by atoms with Crippen LogP contribution in [0.1, 0.15) is 37.6 Å². The molecule has 1 N–H and O–H groups in total. The van der Waals surface area contributed by atoms with E-state index in [2.05, 4.69) is 10.2 Å². The van der Waals surface area contributed by atoms with Crippen molar-refractivity contribution in [3.8, 4) is 0 Å². The maximum Gasteiger partial charge on any atom is 0.338 e. The predicted octanol–water partition coefficient (Wildman–Crippen LogP) is 1.39. The topological polar surface area (TPSA) is 94.2 Å². The Bertz CT molecular complexity index is 696. The van der Waals surface area contributed by atoms with Crippen LogP contribution in [0.4, 0.5) is 0 Å². The molecule has 0 radical (unpaired) electrons.